The minimum Gasteiger partial charge on any atom is -0.310 e. The first kappa shape index (κ1) is 41.7. The van der Waals surface area contributed by atoms with Crippen molar-refractivity contribution < 1.29 is 0 Å². The molecule has 9 aromatic rings. The van der Waals surface area contributed by atoms with E-state index in [2.05, 4.69) is 248 Å². The normalized spacial score (nSPS) is 17.6. The Bertz CT molecular complexity index is 3590. The smallest absolute Gasteiger partial charge is 0.0726 e. The van der Waals surface area contributed by atoms with Gasteiger partial charge in [0.05, 0.1) is 11.1 Å². The second-order valence-electron chi connectivity index (χ2n) is 23.4. The Morgan fingerprint density at radius 2 is 0.671 bits per heavy atom. The van der Waals surface area contributed by atoms with Crippen molar-refractivity contribution in [2.45, 2.75) is 95.3 Å². The van der Waals surface area contributed by atoms with Crippen LogP contribution in [0.1, 0.15) is 124 Å². The van der Waals surface area contributed by atoms with Crippen LogP contribution in [0.25, 0.3) is 55.6 Å². The fourth-order valence-electron chi connectivity index (χ4n) is 14.6. The molecule has 0 radical (unpaired) electrons. The minimum absolute atomic E-state index is 0.0300. The van der Waals surface area contributed by atoms with Crippen molar-refractivity contribution >= 4 is 17.1 Å². The first-order chi connectivity index (χ1) is 33.7. The van der Waals surface area contributed by atoms with Gasteiger partial charge in [0.15, 0.2) is 0 Å². The van der Waals surface area contributed by atoms with Crippen molar-refractivity contribution in [1.29, 1.82) is 0 Å². The van der Waals surface area contributed by atoms with Gasteiger partial charge in [-0.1, -0.05) is 207 Å². The molecule has 0 aliphatic heterocycles. The lowest BCUT2D eigenvalue weighted by atomic mass is 9.61. The van der Waals surface area contributed by atoms with Crippen LogP contribution in [0.2, 0.25) is 0 Å². The maximum atomic E-state index is 2.66. The van der Waals surface area contributed by atoms with Crippen LogP contribution in [0.4, 0.5) is 17.1 Å². The molecule has 0 saturated carbocycles. The molecule has 0 amide bonds. The third kappa shape index (κ3) is 5.28. The summed E-state index contributed by atoms with van der Waals surface area (Å²) in [5, 5.41) is 0. The van der Waals surface area contributed by atoms with Gasteiger partial charge in [0.1, 0.15) is 0 Å². The van der Waals surface area contributed by atoms with Crippen LogP contribution in [-0.2, 0) is 27.1 Å². The van der Waals surface area contributed by atoms with Gasteiger partial charge in [0.2, 0.25) is 0 Å². The number of fused-ring (bicyclic) bond motifs is 17. The molecule has 0 atom stereocenters. The number of anilines is 3. The minimum atomic E-state index is -0.501. The molecular weight excluding hydrogens is 843 g/mol. The van der Waals surface area contributed by atoms with Crippen LogP contribution < -0.4 is 4.90 Å². The Morgan fingerprint density at radius 1 is 0.286 bits per heavy atom. The number of benzene rings is 9. The van der Waals surface area contributed by atoms with Crippen LogP contribution in [-0.4, -0.2) is 0 Å². The van der Waals surface area contributed by atoms with Gasteiger partial charge in [-0.25, -0.2) is 0 Å². The first-order valence-corrected chi connectivity index (χ1v) is 25.6. The standard InChI is InChI=1S/C69H59N/c1-65(2)36-37-66(3,4)64-51(25-19-31-59(64)65)53-40-52-48-24-13-18-30-58(48)69(56-28-16-11-22-46(56)47-23-12-17-29-57(47)69)62(52)41-63(53)70(42-32-34-49-44-20-9-14-26-54(44)67(5,6)60(49)38-42)43-33-35-50-45-21-10-15-27-55(45)68(7,8)61(50)39-43/h9-35,38-41H,36-37H2,1-8H3. The quantitative estimate of drug-likeness (QED) is 0.170. The van der Waals surface area contributed by atoms with Crippen molar-refractivity contribution in [3.63, 3.8) is 0 Å². The van der Waals surface area contributed by atoms with Gasteiger partial charge in [-0.3, -0.25) is 0 Å². The van der Waals surface area contributed by atoms with E-state index in [4.69, 9.17) is 0 Å². The lowest BCUT2D eigenvalue weighted by Crippen LogP contribution is -2.34. The van der Waals surface area contributed by atoms with Crippen molar-refractivity contribution in [3.05, 3.63) is 244 Å². The Hall–Kier alpha value is -7.22. The second-order valence-corrected chi connectivity index (χ2v) is 23.4. The van der Waals surface area contributed by atoms with Crippen LogP contribution >= 0.6 is 0 Å². The summed E-state index contributed by atoms with van der Waals surface area (Å²) in [7, 11) is 0. The third-order valence-electron chi connectivity index (χ3n) is 18.1. The molecule has 1 spiro atoms. The van der Waals surface area contributed by atoms with E-state index in [9.17, 15) is 0 Å². The van der Waals surface area contributed by atoms with E-state index in [1.807, 2.05) is 0 Å². The van der Waals surface area contributed by atoms with Crippen LogP contribution in [0.3, 0.4) is 0 Å². The lowest BCUT2D eigenvalue weighted by Gasteiger charge is -2.43. The zero-order chi connectivity index (χ0) is 47.7. The summed E-state index contributed by atoms with van der Waals surface area (Å²) < 4.78 is 0. The van der Waals surface area contributed by atoms with Gasteiger partial charge < -0.3 is 4.90 Å². The number of nitrogens with zero attached hydrogens (tertiary/aromatic N) is 1. The summed E-state index contributed by atoms with van der Waals surface area (Å²) >= 11 is 0. The fraction of sp³-hybridized carbons (Fsp3) is 0.217. The van der Waals surface area contributed by atoms with Gasteiger partial charge in [-0.05, 0) is 166 Å². The van der Waals surface area contributed by atoms with E-state index < -0.39 is 5.41 Å². The molecule has 340 valence electrons. The monoisotopic (exact) mass is 901 g/mol. The van der Waals surface area contributed by atoms with Gasteiger partial charge in [-0.15, -0.1) is 0 Å². The van der Waals surface area contributed by atoms with Crippen molar-refractivity contribution in [2.24, 2.45) is 0 Å². The van der Waals surface area contributed by atoms with E-state index in [1.54, 1.807) is 0 Å². The van der Waals surface area contributed by atoms with Gasteiger partial charge in [0.25, 0.3) is 0 Å². The summed E-state index contributed by atoms with van der Waals surface area (Å²) in [6, 6.07) is 73.1. The number of hydrogen-bond donors (Lipinski definition) is 0. The third-order valence-corrected chi connectivity index (χ3v) is 18.1. The van der Waals surface area contributed by atoms with Crippen LogP contribution in [0, 0.1) is 0 Å². The number of hydrogen-bond acceptors (Lipinski definition) is 1. The summed E-state index contributed by atoms with van der Waals surface area (Å²) in [6.45, 7) is 19.6. The highest BCUT2D eigenvalue weighted by Crippen LogP contribution is 2.65. The predicted molar refractivity (Wildman–Crippen MR) is 293 cm³/mol. The molecule has 1 heteroatoms. The summed E-state index contributed by atoms with van der Waals surface area (Å²) in [6.07, 6.45) is 2.30. The van der Waals surface area contributed by atoms with Crippen LogP contribution in [0.5, 0.6) is 0 Å². The Kier molecular flexibility index (Phi) is 8.33. The maximum absolute atomic E-state index is 2.66. The molecule has 70 heavy (non-hydrogen) atoms. The topological polar surface area (TPSA) is 3.24 Å². The molecule has 0 heterocycles. The Labute approximate surface area is 414 Å². The van der Waals surface area contributed by atoms with Crippen molar-refractivity contribution in [1.82, 2.24) is 0 Å². The fourth-order valence-corrected chi connectivity index (χ4v) is 14.6. The van der Waals surface area contributed by atoms with E-state index in [-0.39, 0.29) is 21.7 Å². The molecular formula is C69H59N. The summed E-state index contributed by atoms with van der Waals surface area (Å²) in [4.78, 5) is 2.66. The SMILES string of the molecule is CC1(C)CCC(C)(C)c2c(-c3cc4c(cc3N(c3ccc5c(c3)C(C)(C)c3ccccc3-5)c3ccc5c(c3)C(C)(C)c3ccccc3-5)C3(c5ccccc5-c5ccccc53)c3ccccc3-4)cccc21. The van der Waals surface area contributed by atoms with Crippen LogP contribution in [0.15, 0.2) is 188 Å². The van der Waals surface area contributed by atoms with E-state index in [1.165, 1.54) is 128 Å². The van der Waals surface area contributed by atoms with Crippen molar-refractivity contribution in [2.75, 3.05) is 4.90 Å². The molecule has 0 unspecified atom stereocenters. The molecule has 0 aromatic heterocycles. The second kappa shape index (κ2) is 14.0. The average molecular weight is 902 g/mol. The average Bonchev–Trinajstić information content (AvgIpc) is 4.00. The molecule has 14 rings (SSSR count). The summed E-state index contributed by atoms with van der Waals surface area (Å²) in [5.41, 5.74) is 29.9. The highest BCUT2D eigenvalue weighted by Gasteiger charge is 2.52. The first-order valence-electron chi connectivity index (χ1n) is 25.6. The molecule has 0 N–H and O–H groups in total. The molecule has 0 bridgehead atoms. The largest absolute Gasteiger partial charge is 0.310 e. The van der Waals surface area contributed by atoms with Gasteiger partial charge in [-0.2, -0.15) is 0 Å². The van der Waals surface area contributed by atoms with E-state index in [0.29, 0.717) is 0 Å². The molecule has 5 aliphatic rings. The molecule has 0 saturated heterocycles. The highest BCUT2D eigenvalue weighted by molar-refractivity contribution is 6.01. The molecule has 0 fully saturated rings. The zero-order valence-electron chi connectivity index (χ0n) is 41.8. The van der Waals surface area contributed by atoms with Crippen molar-refractivity contribution in [3.8, 4) is 55.6 Å². The molecule has 5 aliphatic carbocycles. The highest BCUT2D eigenvalue weighted by atomic mass is 15.1. The van der Waals surface area contributed by atoms with Gasteiger partial charge in [0, 0.05) is 27.8 Å². The van der Waals surface area contributed by atoms with E-state index >= 15 is 0 Å². The lowest BCUT2D eigenvalue weighted by molar-refractivity contribution is 0.333. The zero-order valence-corrected chi connectivity index (χ0v) is 41.8. The predicted octanol–water partition coefficient (Wildman–Crippen LogP) is 18.1. The molecule has 1 nitrogen and oxygen atoms in total. The van der Waals surface area contributed by atoms with E-state index in [0.717, 1.165) is 12.8 Å². The summed E-state index contributed by atoms with van der Waals surface area (Å²) in [5.74, 6) is 0. The molecule has 9 aromatic carbocycles. The van der Waals surface area contributed by atoms with Gasteiger partial charge >= 0.3 is 0 Å². The number of rotatable bonds is 4. The Balaban J connectivity index is 1.13. The Morgan fingerprint density at radius 3 is 1.17 bits per heavy atom. The maximum Gasteiger partial charge on any atom is 0.0726 e.